The van der Waals surface area contributed by atoms with Crippen LogP contribution in [-0.4, -0.2) is 46.0 Å². The van der Waals surface area contributed by atoms with Crippen LogP contribution in [0.5, 0.6) is 0 Å². The van der Waals surface area contributed by atoms with E-state index < -0.39 is 29.3 Å². The third-order valence-corrected chi connectivity index (χ3v) is 7.30. The zero-order valence-electron chi connectivity index (χ0n) is 23.2. The van der Waals surface area contributed by atoms with E-state index in [4.69, 9.17) is 4.42 Å². The molecular weight excluding hydrogens is 519 g/mol. The van der Waals surface area contributed by atoms with Gasteiger partial charge in [-0.1, -0.05) is 6.07 Å². The summed E-state index contributed by atoms with van der Waals surface area (Å²) in [6.07, 6.45) is 6.66. The standard InChI is InChI=1S/C31H32F3N3O3/c1-6-36-16-21(15-35-36)20-8-9-26-22(14-20)23-11-18(2)37(17-31(3,4)34)29(30(23)40-26)28-24(32)12-19(13-25(28)33)7-10-27(38)39-5/h7-10,12-16,18,29H,6,11,17H2,1-5H3/b10-7+/t18-,29-/m0/s1. The Bertz CT molecular complexity index is 1580. The van der Waals surface area contributed by atoms with Crippen LogP contribution in [0.2, 0.25) is 0 Å². The molecule has 3 heterocycles. The summed E-state index contributed by atoms with van der Waals surface area (Å²) in [5.74, 6) is -1.88. The molecule has 40 heavy (non-hydrogen) atoms. The summed E-state index contributed by atoms with van der Waals surface area (Å²) in [7, 11) is 1.22. The molecule has 0 spiro atoms. The number of ether oxygens (including phenoxy) is 1. The second-order valence-electron chi connectivity index (χ2n) is 10.8. The second-order valence-corrected chi connectivity index (χ2v) is 10.8. The largest absolute Gasteiger partial charge is 0.466 e. The molecule has 0 N–H and O–H groups in total. The van der Waals surface area contributed by atoms with Crippen LogP contribution in [-0.2, 0) is 22.5 Å². The fraction of sp³-hybridized carbons (Fsp3) is 0.355. The highest BCUT2D eigenvalue weighted by molar-refractivity contribution is 5.88. The average Bonchev–Trinajstić information content (AvgIpc) is 3.52. The van der Waals surface area contributed by atoms with Crippen LogP contribution in [0.3, 0.4) is 0 Å². The Labute approximate surface area is 231 Å². The fourth-order valence-electron chi connectivity index (χ4n) is 5.45. The van der Waals surface area contributed by atoms with E-state index in [1.807, 2.05) is 42.9 Å². The summed E-state index contributed by atoms with van der Waals surface area (Å²) < 4.78 is 59.2. The van der Waals surface area contributed by atoms with Gasteiger partial charge in [0.15, 0.2) is 0 Å². The number of hydrogen-bond acceptors (Lipinski definition) is 5. The molecule has 2 aromatic heterocycles. The number of benzene rings is 2. The van der Waals surface area contributed by atoms with Crippen LogP contribution >= 0.6 is 0 Å². The number of halogens is 3. The molecule has 6 nitrogen and oxygen atoms in total. The van der Waals surface area contributed by atoms with E-state index in [1.165, 1.54) is 27.0 Å². The summed E-state index contributed by atoms with van der Waals surface area (Å²) in [4.78, 5) is 13.2. The maximum absolute atomic E-state index is 15.7. The smallest absolute Gasteiger partial charge is 0.330 e. The lowest BCUT2D eigenvalue weighted by atomic mass is 9.87. The monoisotopic (exact) mass is 551 g/mol. The van der Waals surface area contributed by atoms with Crippen LogP contribution in [0.4, 0.5) is 13.2 Å². The molecule has 5 rings (SSSR count). The first-order valence-corrected chi connectivity index (χ1v) is 13.3. The first kappa shape index (κ1) is 27.7. The normalized spacial score (nSPS) is 18.0. The van der Waals surface area contributed by atoms with Gasteiger partial charge in [-0.25, -0.2) is 18.0 Å². The highest BCUT2D eigenvalue weighted by Gasteiger charge is 2.42. The van der Waals surface area contributed by atoms with Gasteiger partial charge in [0.2, 0.25) is 0 Å². The van der Waals surface area contributed by atoms with Crippen molar-refractivity contribution in [3.63, 3.8) is 0 Å². The second kappa shape index (κ2) is 10.6. The van der Waals surface area contributed by atoms with Crippen molar-refractivity contribution in [3.8, 4) is 11.1 Å². The minimum absolute atomic E-state index is 0.0559. The van der Waals surface area contributed by atoms with E-state index in [1.54, 1.807) is 11.1 Å². The molecule has 1 aliphatic rings. The lowest BCUT2D eigenvalue weighted by Crippen LogP contribution is -2.48. The van der Waals surface area contributed by atoms with E-state index in [9.17, 15) is 4.79 Å². The molecule has 2 aromatic carbocycles. The molecule has 2 atom stereocenters. The first-order chi connectivity index (χ1) is 19.0. The van der Waals surface area contributed by atoms with Crippen molar-refractivity contribution < 1.29 is 27.1 Å². The van der Waals surface area contributed by atoms with Gasteiger partial charge in [0, 0.05) is 53.5 Å². The lowest BCUT2D eigenvalue weighted by Gasteiger charge is -2.42. The Morgan fingerprint density at radius 2 is 1.93 bits per heavy atom. The van der Waals surface area contributed by atoms with Gasteiger partial charge >= 0.3 is 5.97 Å². The van der Waals surface area contributed by atoms with E-state index in [2.05, 4.69) is 9.84 Å². The number of aromatic nitrogens is 2. The molecule has 0 aliphatic carbocycles. The third-order valence-electron chi connectivity index (χ3n) is 7.30. The Morgan fingerprint density at radius 1 is 1.20 bits per heavy atom. The van der Waals surface area contributed by atoms with Crippen molar-refractivity contribution in [2.24, 2.45) is 0 Å². The Morgan fingerprint density at radius 3 is 2.55 bits per heavy atom. The van der Waals surface area contributed by atoms with Gasteiger partial charge in [0.05, 0.1) is 13.3 Å². The number of esters is 1. The van der Waals surface area contributed by atoms with Crippen LogP contribution in [0, 0.1) is 11.6 Å². The fourth-order valence-corrected chi connectivity index (χ4v) is 5.45. The summed E-state index contributed by atoms with van der Waals surface area (Å²) in [6.45, 7) is 7.52. The molecule has 9 heteroatoms. The lowest BCUT2D eigenvalue weighted by molar-refractivity contribution is -0.134. The zero-order chi connectivity index (χ0) is 28.8. The van der Waals surface area contributed by atoms with Gasteiger partial charge in [-0.05, 0) is 75.6 Å². The van der Waals surface area contributed by atoms with Crippen LogP contribution < -0.4 is 0 Å². The predicted molar refractivity (Wildman–Crippen MR) is 147 cm³/mol. The molecule has 0 saturated heterocycles. The highest BCUT2D eigenvalue weighted by Crippen LogP contribution is 2.45. The maximum Gasteiger partial charge on any atom is 0.330 e. The average molecular weight is 552 g/mol. The minimum atomic E-state index is -1.63. The number of furan rings is 1. The van der Waals surface area contributed by atoms with Crippen molar-refractivity contribution in [3.05, 3.63) is 82.9 Å². The van der Waals surface area contributed by atoms with Gasteiger partial charge < -0.3 is 9.15 Å². The quantitative estimate of drug-likeness (QED) is 0.185. The van der Waals surface area contributed by atoms with Crippen LogP contribution in [0.1, 0.15) is 56.2 Å². The summed E-state index contributed by atoms with van der Waals surface area (Å²) >= 11 is 0. The summed E-state index contributed by atoms with van der Waals surface area (Å²) in [6, 6.07) is 6.87. The molecule has 4 aromatic rings. The summed E-state index contributed by atoms with van der Waals surface area (Å²) in [5.41, 5.74) is 1.65. The van der Waals surface area contributed by atoms with E-state index in [0.29, 0.717) is 17.8 Å². The van der Waals surface area contributed by atoms with Crippen molar-refractivity contribution in [1.82, 2.24) is 14.7 Å². The number of hydrogen-bond donors (Lipinski definition) is 0. The van der Waals surface area contributed by atoms with Crippen molar-refractivity contribution in [2.75, 3.05) is 13.7 Å². The van der Waals surface area contributed by atoms with E-state index in [-0.39, 0.29) is 23.7 Å². The summed E-state index contributed by atoms with van der Waals surface area (Å²) in [5, 5.41) is 5.22. The number of carbonyl (C=O) groups is 1. The van der Waals surface area contributed by atoms with Crippen LogP contribution in [0.25, 0.3) is 28.2 Å². The molecule has 0 amide bonds. The number of alkyl halides is 1. The number of aryl methyl sites for hydroxylation is 1. The van der Waals surface area contributed by atoms with Crippen molar-refractivity contribution in [1.29, 1.82) is 0 Å². The molecular formula is C31H32F3N3O3. The SMILES string of the molecule is CCn1cc(-c2ccc3oc4c(c3c2)C[C@H](C)N(CC(C)(C)F)[C@H]4c2c(F)cc(/C=C/C(=O)OC)cc2F)cn1. The van der Waals surface area contributed by atoms with Crippen molar-refractivity contribution in [2.45, 2.75) is 58.4 Å². The topological polar surface area (TPSA) is 60.5 Å². The van der Waals surface area contributed by atoms with Gasteiger partial charge in [-0.3, -0.25) is 9.58 Å². The predicted octanol–water partition coefficient (Wildman–Crippen LogP) is 6.86. The molecule has 0 fully saturated rings. The first-order valence-electron chi connectivity index (χ1n) is 13.3. The number of carbonyl (C=O) groups excluding carboxylic acids is 1. The third kappa shape index (κ3) is 5.30. The molecule has 210 valence electrons. The van der Waals surface area contributed by atoms with Gasteiger partial charge in [-0.15, -0.1) is 0 Å². The molecule has 0 radical (unpaired) electrons. The maximum atomic E-state index is 15.7. The van der Waals surface area contributed by atoms with Crippen molar-refractivity contribution >= 4 is 23.0 Å². The van der Waals surface area contributed by atoms with Crippen LogP contribution in [0.15, 0.2) is 53.2 Å². The van der Waals surface area contributed by atoms with Gasteiger partial charge in [0.1, 0.15) is 34.7 Å². The minimum Gasteiger partial charge on any atom is -0.466 e. The Balaban J connectivity index is 1.66. The highest BCUT2D eigenvalue weighted by atomic mass is 19.1. The molecule has 0 unspecified atom stereocenters. The molecule has 0 bridgehead atoms. The zero-order valence-corrected chi connectivity index (χ0v) is 23.2. The number of methoxy groups -OCH3 is 1. The van der Waals surface area contributed by atoms with E-state index >= 15 is 13.2 Å². The Hall–Kier alpha value is -3.85. The number of fused-ring (bicyclic) bond motifs is 3. The van der Waals surface area contributed by atoms with Gasteiger partial charge in [0.25, 0.3) is 0 Å². The molecule has 1 aliphatic heterocycles. The Kier molecular flexibility index (Phi) is 7.35. The number of nitrogens with zero attached hydrogens (tertiary/aromatic N) is 3. The number of rotatable bonds is 7. The van der Waals surface area contributed by atoms with E-state index in [0.717, 1.165) is 46.8 Å². The molecule has 0 saturated carbocycles. The van der Waals surface area contributed by atoms with Gasteiger partial charge in [-0.2, -0.15) is 5.10 Å².